The predicted octanol–water partition coefficient (Wildman–Crippen LogP) is 9.32. The predicted molar refractivity (Wildman–Crippen MR) is 206 cm³/mol. The molecule has 270 valence electrons. The van der Waals surface area contributed by atoms with Gasteiger partial charge in [0.1, 0.15) is 17.8 Å². The Morgan fingerprint density at radius 3 is 1.53 bits per heavy atom. The Morgan fingerprint density at radius 2 is 1.09 bits per heavy atom. The minimum atomic E-state index is -1.29. The summed E-state index contributed by atoms with van der Waals surface area (Å²) in [5.41, 5.74) is 3.45. The Hall–Kier alpha value is -5.56. The molecule has 53 heavy (non-hydrogen) atoms. The summed E-state index contributed by atoms with van der Waals surface area (Å²) in [6.07, 6.45) is 3.98. The lowest BCUT2D eigenvalue weighted by atomic mass is 9.75. The van der Waals surface area contributed by atoms with Crippen molar-refractivity contribution in [3.05, 3.63) is 174 Å². The van der Waals surface area contributed by atoms with Gasteiger partial charge in [-0.05, 0) is 65.0 Å². The van der Waals surface area contributed by atoms with E-state index in [9.17, 15) is 0 Å². The lowest BCUT2D eigenvalue weighted by Gasteiger charge is -2.39. The number of esters is 1. The largest absolute Gasteiger partial charge is 0.460 e. The van der Waals surface area contributed by atoms with Gasteiger partial charge in [0, 0.05) is 6.20 Å². The highest BCUT2D eigenvalue weighted by atomic mass is 16.5. The molecule has 2 fully saturated rings. The van der Waals surface area contributed by atoms with Gasteiger partial charge >= 0.3 is 12.0 Å². The normalized spacial score (nSPS) is 21.7. The van der Waals surface area contributed by atoms with Crippen LogP contribution in [0.3, 0.4) is 0 Å². The summed E-state index contributed by atoms with van der Waals surface area (Å²) < 4.78 is 6.64. The van der Waals surface area contributed by atoms with E-state index in [0.717, 1.165) is 41.5 Å². The van der Waals surface area contributed by atoms with E-state index >= 15 is 14.4 Å². The summed E-state index contributed by atoms with van der Waals surface area (Å²) in [5, 5.41) is 0. The van der Waals surface area contributed by atoms with Gasteiger partial charge in [-0.3, -0.25) is 14.7 Å². The van der Waals surface area contributed by atoms with Crippen LogP contribution >= 0.6 is 0 Å². The molecule has 0 radical (unpaired) electrons. The molecule has 2 aliphatic rings. The van der Waals surface area contributed by atoms with E-state index in [2.05, 4.69) is 25.8 Å². The summed E-state index contributed by atoms with van der Waals surface area (Å²) in [6.45, 7) is 6.55. The molecule has 1 aromatic heterocycles. The first kappa shape index (κ1) is 35.8. The molecular formula is C46H47N3O4. The lowest BCUT2D eigenvalue weighted by Crippen LogP contribution is -2.52. The summed E-state index contributed by atoms with van der Waals surface area (Å²) in [4.78, 5) is 53.9. The fourth-order valence-electron chi connectivity index (χ4n) is 8.43. The number of carbonyl (C=O) groups is 3. The van der Waals surface area contributed by atoms with Crippen LogP contribution in [0.15, 0.2) is 146 Å². The van der Waals surface area contributed by atoms with Crippen molar-refractivity contribution in [2.24, 2.45) is 17.8 Å². The second-order valence-electron chi connectivity index (χ2n) is 14.8. The Morgan fingerprint density at radius 1 is 0.642 bits per heavy atom. The fraction of sp³-hybridized carbons (Fsp3) is 0.304. The second kappa shape index (κ2) is 16.0. The van der Waals surface area contributed by atoms with E-state index in [-0.39, 0.29) is 17.7 Å². The van der Waals surface area contributed by atoms with Crippen LogP contribution in [0.2, 0.25) is 0 Å². The monoisotopic (exact) mass is 705 g/mol. The average molecular weight is 706 g/mol. The number of hydrogen-bond acceptors (Lipinski definition) is 5. The first-order chi connectivity index (χ1) is 25.8. The molecule has 1 aliphatic carbocycles. The SMILES string of the molecule is CC1CCC(C(C)C)C(OC(=O)C2C(C(=O)c3ccccn3)N(C(c3ccccc3)c3ccccc3)C(=O)N2C(c2ccccc2)c2ccccc2)C1. The van der Waals surface area contributed by atoms with Gasteiger partial charge in [0.05, 0.1) is 12.1 Å². The van der Waals surface area contributed by atoms with Crippen molar-refractivity contribution in [3.8, 4) is 0 Å². The smallest absolute Gasteiger partial charge is 0.331 e. The average Bonchev–Trinajstić information content (AvgIpc) is 3.48. The maximum Gasteiger partial charge on any atom is 0.331 e. The molecule has 0 bridgehead atoms. The zero-order valence-electron chi connectivity index (χ0n) is 30.6. The van der Waals surface area contributed by atoms with Crippen LogP contribution in [0.4, 0.5) is 4.79 Å². The topological polar surface area (TPSA) is 79.8 Å². The van der Waals surface area contributed by atoms with Crippen molar-refractivity contribution in [1.29, 1.82) is 0 Å². The van der Waals surface area contributed by atoms with Gasteiger partial charge in [0.15, 0.2) is 6.04 Å². The summed E-state index contributed by atoms with van der Waals surface area (Å²) in [7, 11) is 0. The molecule has 2 amide bonds. The fourth-order valence-corrected chi connectivity index (χ4v) is 8.43. The third-order valence-corrected chi connectivity index (χ3v) is 11.0. The van der Waals surface area contributed by atoms with Crippen LogP contribution < -0.4 is 0 Å². The molecule has 1 aliphatic heterocycles. The quantitative estimate of drug-likeness (QED) is 0.101. The van der Waals surface area contributed by atoms with E-state index < -0.39 is 42.0 Å². The molecule has 5 aromatic rings. The molecule has 5 atom stereocenters. The van der Waals surface area contributed by atoms with Crippen molar-refractivity contribution in [2.45, 2.75) is 70.3 Å². The molecule has 1 saturated heterocycles. The summed E-state index contributed by atoms with van der Waals surface area (Å²) in [6, 6.07) is 39.7. The maximum atomic E-state index is 15.7. The molecule has 4 aromatic carbocycles. The highest BCUT2D eigenvalue weighted by Gasteiger charge is 2.59. The zero-order valence-corrected chi connectivity index (χ0v) is 30.6. The van der Waals surface area contributed by atoms with Crippen LogP contribution in [0, 0.1) is 17.8 Å². The number of Topliss-reactive ketones (excluding diaryl/α,β-unsaturated/α-hetero) is 1. The number of ether oxygens (including phenoxy) is 1. The van der Waals surface area contributed by atoms with Crippen molar-refractivity contribution in [3.63, 3.8) is 0 Å². The van der Waals surface area contributed by atoms with Gasteiger partial charge in [-0.15, -0.1) is 0 Å². The standard InChI is InChI=1S/C46H47N3O4/c1-31(2)37-28-27-32(3)30-39(37)53-45(51)43-42(44(50)38-26-16-17-29-47-38)48(40(33-18-8-4-9-19-33)34-20-10-5-11-21-34)46(52)49(43)41(35-22-12-6-13-23-35)36-24-14-7-15-25-36/h4-26,29,31-32,37,39-43H,27-28,30H2,1-3H3. The highest BCUT2D eigenvalue weighted by molar-refractivity contribution is 6.07. The number of amides is 2. The van der Waals surface area contributed by atoms with E-state index in [1.807, 2.05) is 121 Å². The van der Waals surface area contributed by atoms with Crippen LogP contribution in [-0.4, -0.2) is 50.8 Å². The summed E-state index contributed by atoms with van der Waals surface area (Å²) in [5.74, 6) is -0.143. The number of pyridine rings is 1. The lowest BCUT2D eigenvalue weighted by molar-refractivity contribution is -0.161. The number of benzene rings is 4. The van der Waals surface area contributed by atoms with Crippen LogP contribution in [0.25, 0.3) is 0 Å². The molecular weight excluding hydrogens is 659 g/mol. The van der Waals surface area contributed by atoms with E-state index in [1.165, 1.54) is 0 Å². The second-order valence-corrected chi connectivity index (χ2v) is 14.8. The van der Waals surface area contributed by atoms with E-state index in [4.69, 9.17) is 4.74 Å². The molecule has 0 N–H and O–H groups in total. The molecule has 7 heteroatoms. The van der Waals surface area contributed by atoms with Gasteiger partial charge < -0.3 is 9.64 Å². The molecule has 2 heterocycles. The van der Waals surface area contributed by atoms with Gasteiger partial charge in [-0.25, -0.2) is 9.59 Å². The van der Waals surface area contributed by atoms with Gasteiger partial charge in [0.2, 0.25) is 5.78 Å². The molecule has 5 unspecified atom stereocenters. The molecule has 1 saturated carbocycles. The Labute approximate surface area is 312 Å². The number of hydrogen-bond donors (Lipinski definition) is 0. The minimum absolute atomic E-state index is 0.169. The Balaban J connectivity index is 1.47. The van der Waals surface area contributed by atoms with E-state index in [0.29, 0.717) is 11.8 Å². The minimum Gasteiger partial charge on any atom is -0.460 e. The van der Waals surface area contributed by atoms with Crippen LogP contribution in [0.1, 0.15) is 84.9 Å². The van der Waals surface area contributed by atoms with E-state index in [1.54, 1.807) is 34.2 Å². The molecule has 0 spiro atoms. The van der Waals surface area contributed by atoms with Gasteiger partial charge in [0.25, 0.3) is 0 Å². The van der Waals surface area contributed by atoms with Crippen molar-refractivity contribution >= 4 is 17.8 Å². The number of urea groups is 1. The zero-order chi connectivity index (χ0) is 36.9. The third kappa shape index (κ3) is 7.39. The van der Waals surface area contributed by atoms with Crippen molar-refractivity contribution < 1.29 is 19.1 Å². The van der Waals surface area contributed by atoms with Gasteiger partial charge in [-0.2, -0.15) is 0 Å². The van der Waals surface area contributed by atoms with Gasteiger partial charge in [-0.1, -0.05) is 155 Å². The van der Waals surface area contributed by atoms with Crippen LogP contribution in [-0.2, 0) is 9.53 Å². The van der Waals surface area contributed by atoms with Crippen molar-refractivity contribution in [2.75, 3.05) is 0 Å². The number of carbonyl (C=O) groups excluding carboxylic acids is 3. The van der Waals surface area contributed by atoms with Crippen LogP contribution in [0.5, 0.6) is 0 Å². The Kier molecular flexibility index (Phi) is 10.8. The molecule has 7 nitrogen and oxygen atoms in total. The first-order valence-corrected chi connectivity index (χ1v) is 18.8. The number of rotatable bonds is 11. The highest BCUT2D eigenvalue weighted by Crippen LogP contribution is 2.45. The first-order valence-electron chi connectivity index (χ1n) is 18.8. The summed E-state index contributed by atoms with van der Waals surface area (Å²) >= 11 is 0. The molecule has 7 rings (SSSR count). The third-order valence-electron chi connectivity index (χ3n) is 11.0. The Bertz CT molecular complexity index is 1900. The number of aromatic nitrogens is 1. The van der Waals surface area contributed by atoms with Crippen molar-refractivity contribution in [1.82, 2.24) is 14.8 Å². The number of ketones is 1. The number of nitrogens with zero attached hydrogens (tertiary/aromatic N) is 3. The maximum absolute atomic E-state index is 15.7.